The average molecular weight is 441 g/mol. The maximum atomic E-state index is 13.7. The van der Waals surface area contributed by atoms with Crippen LogP contribution in [0.1, 0.15) is 16.0 Å². The van der Waals surface area contributed by atoms with Gasteiger partial charge in [-0.2, -0.15) is 13.2 Å². The molecule has 1 aliphatic rings. The second-order valence-corrected chi connectivity index (χ2v) is 8.12. The van der Waals surface area contributed by atoms with E-state index in [0.29, 0.717) is 38.0 Å². The molecule has 1 saturated heterocycles. The third-order valence-corrected chi connectivity index (χ3v) is 6.00. The van der Waals surface area contributed by atoms with E-state index in [1.165, 1.54) is 10.9 Å². The Hall–Kier alpha value is -2.26. The number of halogens is 3. The van der Waals surface area contributed by atoms with E-state index in [-0.39, 0.29) is 12.1 Å². The second-order valence-electron chi connectivity index (χ2n) is 7.09. The molecule has 1 fully saturated rings. The number of guanidine groups is 1. The summed E-state index contributed by atoms with van der Waals surface area (Å²) in [6.07, 6.45) is -3.56. The topological polar surface area (TPSA) is 40.1 Å². The number of ether oxygens (including phenoxy) is 1. The average Bonchev–Trinajstić information content (AvgIpc) is 3.26. The van der Waals surface area contributed by atoms with Crippen molar-refractivity contribution in [2.45, 2.75) is 19.1 Å². The summed E-state index contributed by atoms with van der Waals surface area (Å²) in [5.41, 5.74) is 0.162. The van der Waals surface area contributed by atoms with Gasteiger partial charge in [0.25, 0.3) is 0 Å². The van der Waals surface area contributed by atoms with E-state index in [1.54, 1.807) is 30.5 Å². The number of benzene rings is 1. The molecule has 3 rings (SSSR count). The fourth-order valence-corrected chi connectivity index (χ4v) is 4.10. The molecule has 0 atom stereocenters. The van der Waals surface area contributed by atoms with E-state index < -0.39 is 11.7 Å². The smallest absolute Gasteiger partial charge is 0.378 e. The van der Waals surface area contributed by atoms with Crippen LogP contribution >= 0.6 is 11.3 Å². The minimum absolute atomic E-state index is 0.0499. The van der Waals surface area contributed by atoms with Gasteiger partial charge in [0.1, 0.15) is 0 Å². The molecule has 0 amide bonds. The van der Waals surface area contributed by atoms with Crippen LogP contribution in [-0.4, -0.2) is 57.8 Å². The van der Waals surface area contributed by atoms with Crippen LogP contribution in [0.2, 0.25) is 0 Å². The van der Waals surface area contributed by atoms with Gasteiger partial charge in [0.15, 0.2) is 5.96 Å². The van der Waals surface area contributed by atoms with Crippen LogP contribution in [0.3, 0.4) is 0 Å². The van der Waals surface area contributed by atoms with Gasteiger partial charge in [0.2, 0.25) is 0 Å². The zero-order valence-corrected chi connectivity index (χ0v) is 18.0. The van der Waals surface area contributed by atoms with Crippen molar-refractivity contribution in [3.63, 3.8) is 0 Å². The minimum Gasteiger partial charge on any atom is -0.378 e. The maximum absolute atomic E-state index is 13.7. The molecule has 5 nitrogen and oxygen atoms in total. The molecule has 1 aromatic heterocycles. The third-order valence-electron chi connectivity index (χ3n) is 5.06. The highest BCUT2D eigenvalue weighted by molar-refractivity contribution is 7.09. The van der Waals surface area contributed by atoms with Crippen molar-refractivity contribution in [3.8, 4) is 0 Å². The predicted octanol–water partition coefficient (Wildman–Crippen LogP) is 3.85. The molecule has 2 heterocycles. The van der Waals surface area contributed by atoms with Gasteiger partial charge in [-0.1, -0.05) is 12.1 Å². The van der Waals surface area contributed by atoms with E-state index in [2.05, 4.69) is 16.4 Å². The van der Waals surface area contributed by atoms with E-state index in [1.807, 2.05) is 28.3 Å². The van der Waals surface area contributed by atoms with Crippen LogP contribution < -0.4 is 10.2 Å². The lowest BCUT2D eigenvalue weighted by Crippen LogP contribution is -2.40. The van der Waals surface area contributed by atoms with Gasteiger partial charge in [-0.25, -0.2) is 0 Å². The summed E-state index contributed by atoms with van der Waals surface area (Å²) in [5, 5.41) is 5.10. The molecule has 9 heteroatoms. The van der Waals surface area contributed by atoms with E-state index in [0.717, 1.165) is 13.0 Å². The first-order valence-corrected chi connectivity index (χ1v) is 10.7. The zero-order chi connectivity index (χ0) is 21.6. The molecule has 2 aromatic rings. The first-order valence-electron chi connectivity index (χ1n) is 9.85. The summed E-state index contributed by atoms with van der Waals surface area (Å²) in [4.78, 5) is 9.33. The number of nitrogens with zero attached hydrogens (tertiary/aromatic N) is 3. The summed E-state index contributed by atoms with van der Waals surface area (Å²) in [5.74, 6) is 0.567. The number of nitrogens with one attached hydrogen (secondary N) is 1. The summed E-state index contributed by atoms with van der Waals surface area (Å²) in [7, 11) is 3.52. The number of rotatable bonds is 6. The first kappa shape index (κ1) is 22.4. The lowest BCUT2D eigenvalue weighted by atomic mass is 10.0. The van der Waals surface area contributed by atoms with Crippen molar-refractivity contribution in [2.24, 2.45) is 4.99 Å². The number of hydrogen-bond acceptors (Lipinski definition) is 4. The number of aliphatic imine (C=N–C) groups is 1. The Labute approximate surface area is 179 Å². The van der Waals surface area contributed by atoms with Gasteiger partial charge in [-0.3, -0.25) is 4.99 Å². The summed E-state index contributed by atoms with van der Waals surface area (Å²) in [6, 6.07) is 8.62. The molecule has 0 saturated carbocycles. The first-order chi connectivity index (χ1) is 14.4. The Balaban J connectivity index is 1.68. The Morgan fingerprint density at radius 2 is 2.03 bits per heavy atom. The Kier molecular flexibility index (Phi) is 7.60. The maximum Gasteiger partial charge on any atom is 0.416 e. The normalized spacial score (nSPS) is 15.4. The fraction of sp³-hybridized carbons (Fsp3) is 0.476. The number of anilines is 1. The predicted molar refractivity (Wildman–Crippen MR) is 115 cm³/mol. The van der Waals surface area contributed by atoms with Gasteiger partial charge in [-0.05, 0) is 35.6 Å². The van der Waals surface area contributed by atoms with Crippen molar-refractivity contribution in [3.05, 3.63) is 51.7 Å². The van der Waals surface area contributed by atoms with Crippen molar-refractivity contribution < 1.29 is 17.9 Å². The van der Waals surface area contributed by atoms with E-state index in [4.69, 9.17) is 4.74 Å². The zero-order valence-electron chi connectivity index (χ0n) is 17.2. The third kappa shape index (κ3) is 5.89. The van der Waals surface area contributed by atoms with Gasteiger partial charge >= 0.3 is 6.18 Å². The molecule has 0 spiro atoms. The van der Waals surface area contributed by atoms with Crippen molar-refractivity contribution >= 4 is 23.0 Å². The second kappa shape index (κ2) is 10.2. The minimum atomic E-state index is -4.42. The lowest BCUT2D eigenvalue weighted by molar-refractivity contribution is -0.138. The standard InChI is InChI=1S/C21H27F3N4OS/c1-25-20(27(2)8-7-18-4-3-13-30-18)26-15-16-5-6-17(14-19(16)21(22,23)24)28-9-11-29-12-10-28/h3-6,13-14H,7-12,15H2,1-2H3,(H,25,26). The Morgan fingerprint density at radius 1 is 1.27 bits per heavy atom. The van der Waals surface area contributed by atoms with Gasteiger partial charge < -0.3 is 19.9 Å². The molecule has 1 aliphatic heterocycles. The fourth-order valence-electron chi connectivity index (χ4n) is 3.40. The Morgan fingerprint density at radius 3 is 2.67 bits per heavy atom. The number of morpholine rings is 1. The van der Waals surface area contributed by atoms with Crippen LogP contribution in [0, 0.1) is 0 Å². The highest BCUT2D eigenvalue weighted by Gasteiger charge is 2.34. The monoisotopic (exact) mass is 440 g/mol. The highest BCUT2D eigenvalue weighted by Crippen LogP contribution is 2.35. The molecule has 1 aromatic carbocycles. The molecule has 0 bridgehead atoms. The van der Waals surface area contributed by atoms with Crippen LogP contribution in [0.5, 0.6) is 0 Å². The van der Waals surface area contributed by atoms with Gasteiger partial charge in [-0.15, -0.1) is 11.3 Å². The van der Waals surface area contributed by atoms with Crippen LogP contribution in [0.25, 0.3) is 0 Å². The van der Waals surface area contributed by atoms with Crippen molar-refractivity contribution in [1.29, 1.82) is 0 Å². The number of alkyl halides is 3. The van der Waals surface area contributed by atoms with Gasteiger partial charge in [0.05, 0.1) is 18.8 Å². The van der Waals surface area contributed by atoms with E-state index >= 15 is 0 Å². The van der Waals surface area contributed by atoms with Crippen LogP contribution in [-0.2, 0) is 23.9 Å². The number of hydrogen-bond donors (Lipinski definition) is 1. The molecule has 0 aliphatic carbocycles. The SMILES string of the molecule is CN=C(NCc1ccc(N2CCOCC2)cc1C(F)(F)F)N(C)CCc1cccs1. The quantitative estimate of drug-likeness (QED) is 0.547. The van der Waals surface area contributed by atoms with Crippen molar-refractivity contribution in [1.82, 2.24) is 10.2 Å². The molecule has 30 heavy (non-hydrogen) atoms. The summed E-state index contributed by atoms with van der Waals surface area (Å²) < 4.78 is 46.5. The number of thiophene rings is 1. The molecule has 1 N–H and O–H groups in total. The molecule has 0 unspecified atom stereocenters. The van der Waals surface area contributed by atoms with Crippen molar-refractivity contribution in [2.75, 3.05) is 51.8 Å². The molecule has 0 radical (unpaired) electrons. The van der Waals surface area contributed by atoms with Crippen LogP contribution in [0.4, 0.5) is 18.9 Å². The Bertz CT molecular complexity index is 833. The van der Waals surface area contributed by atoms with Crippen LogP contribution in [0.15, 0.2) is 40.7 Å². The highest BCUT2D eigenvalue weighted by atomic mass is 32.1. The lowest BCUT2D eigenvalue weighted by Gasteiger charge is -2.30. The molecular weight excluding hydrogens is 413 g/mol. The van der Waals surface area contributed by atoms with E-state index in [9.17, 15) is 13.2 Å². The largest absolute Gasteiger partial charge is 0.416 e. The summed E-state index contributed by atoms with van der Waals surface area (Å²) >= 11 is 1.69. The molecular formula is C21H27F3N4OS. The molecule has 164 valence electrons. The summed E-state index contributed by atoms with van der Waals surface area (Å²) in [6.45, 7) is 3.02. The number of likely N-dealkylation sites (N-methyl/N-ethyl adjacent to an activating group) is 1. The van der Waals surface area contributed by atoms with Gasteiger partial charge in [0, 0.05) is 50.8 Å².